The molecule has 0 spiro atoms. The van der Waals surface area contributed by atoms with Gasteiger partial charge in [-0.05, 0) is 18.6 Å². The lowest BCUT2D eigenvalue weighted by molar-refractivity contribution is -0.122. The normalized spacial score (nSPS) is 17.7. The molecule has 20 heavy (non-hydrogen) atoms. The first-order valence-corrected chi connectivity index (χ1v) is 6.47. The van der Waals surface area contributed by atoms with E-state index in [1.165, 1.54) is 12.1 Å². The van der Waals surface area contributed by atoms with Gasteiger partial charge in [0.05, 0.1) is 15.7 Å². The topological polar surface area (TPSA) is 95.5 Å². The molecule has 1 heterocycles. The molecule has 1 aromatic rings. The van der Waals surface area contributed by atoms with E-state index >= 15 is 0 Å². The Morgan fingerprint density at radius 1 is 1.30 bits per heavy atom. The lowest BCUT2D eigenvalue weighted by atomic mass is 10.1. The van der Waals surface area contributed by atoms with Gasteiger partial charge >= 0.3 is 5.97 Å². The first-order chi connectivity index (χ1) is 9.40. The van der Waals surface area contributed by atoms with Crippen LogP contribution in [-0.4, -0.2) is 28.9 Å². The summed E-state index contributed by atoms with van der Waals surface area (Å²) in [4.78, 5) is 34.2. The number of carboxylic acid groups (broad SMARTS) is 1. The molecule has 8 heteroatoms. The third-order valence-electron chi connectivity index (χ3n) is 2.88. The first-order valence-electron chi connectivity index (χ1n) is 5.71. The highest BCUT2D eigenvalue weighted by atomic mass is 35.5. The highest BCUT2D eigenvalue weighted by molar-refractivity contribution is 6.38. The van der Waals surface area contributed by atoms with Gasteiger partial charge in [-0.15, -0.1) is 0 Å². The van der Waals surface area contributed by atoms with Crippen LogP contribution in [0.1, 0.15) is 23.2 Å². The number of anilines is 1. The average molecular weight is 317 g/mol. The van der Waals surface area contributed by atoms with Crippen LogP contribution in [0.4, 0.5) is 5.69 Å². The summed E-state index contributed by atoms with van der Waals surface area (Å²) >= 11 is 11.7. The van der Waals surface area contributed by atoms with Crippen LogP contribution in [0, 0.1) is 0 Å². The molecule has 1 aliphatic rings. The van der Waals surface area contributed by atoms with Crippen LogP contribution in [0.15, 0.2) is 12.1 Å². The highest BCUT2D eigenvalue weighted by Crippen LogP contribution is 2.32. The molecule has 6 nitrogen and oxygen atoms in total. The Labute approximate surface area is 124 Å². The fourth-order valence-electron chi connectivity index (χ4n) is 1.90. The Bertz CT molecular complexity index is 603. The summed E-state index contributed by atoms with van der Waals surface area (Å²) in [6.07, 6.45) is 0.610. The molecule has 0 aliphatic carbocycles. The number of carbonyl (C=O) groups excluding carboxylic acids is 2. The van der Waals surface area contributed by atoms with E-state index in [-0.39, 0.29) is 33.6 Å². The van der Waals surface area contributed by atoms with Gasteiger partial charge in [-0.2, -0.15) is 0 Å². The van der Waals surface area contributed by atoms with Gasteiger partial charge in [0.2, 0.25) is 11.8 Å². The van der Waals surface area contributed by atoms with Crippen molar-refractivity contribution in [3.8, 4) is 0 Å². The zero-order chi connectivity index (χ0) is 14.9. The zero-order valence-corrected chi connectivity index (χ0v) is 11.6. The van der Waals surface area contributed by atoms with Crippen molar-refractivity contribution in [2.75, 3.05) is 5.32 Å². The third kappa shape index (κ3) is 2.86. The molecule has 2 amide bonds. The summed E-state index contributed by atoms with van der Waals surface area (Å²) in [5.41, 5.74) is -0.352. The Balaban J connectivity index is 2.29. The summed E-state index contributed by atoms with van der Waals surface area (Å²) in [5, 5.41) is 14.0. The molecule has 0 bridgehead atoms. The SMILES string of the molecule is O=C1CCC(C(=O)Nc2c(Cl)ccc(Cl)c2C(=O)O)N1. The number of halogens is 2. The minimum atomic E-state index is -1.30. The molecule has 0 radical (unpaired) electrons. The molecule has 2 rings (SSSR count). The van der Waals surface area contributed by atoms with Crippen molar-refractivity contribution >= 4 is 46.7 Å². The summed E-state index contributed by atoms with van der Waals surface area (Å²) in [6, 6.07) is 2.03. The van der Waals surface area contributed by atoms with E-state index in [9.17, 15) is 14.4 Å². The minimum Gasteiger partial charge on any atom is -0.478 e. The smallest absolute Gasteiger partial charge is 0.339 e. The number of hydrogen-bond acceptors (Lipinski definition) is 3. The van der Waals surface area contributed by atoms with Crippen molar-refractivity contribution in [2.24, 2.45) is 0 Å². The minimum absolute atomic E-state index is 0.0346. The fourth-order valence-corrected chi connectivity index (χ4v) is 2.35. The van der Waals surface area contributed by atoms with E-state index in [1.807, 2.05) is 0 Å². The zero-order valence-electron chi connectivity index (χ0n) is 10.1. The molecule has 1 aliphatic heterocycles. The van der Waals surface area contributed by atoms with Crippen LogP contribution in [-0.2, 0) is 9.59 Å². The molecule has 106 valence electrons. The van der Waals surface area contributed by atoms with Crippen molar-refractivity contribution in [2.45, 2.75) is 18.9 Å². The second kappa shape index (κ2) is 5.68. The number of carbonyl (C=O) groups is 3. The first kappa shape index (κ1) is 14.6. The maximum Gasteiger partial charge on any atom is 0.339 e. The number of hydrogen-bond donors (Lipinski definition) is 3. The quantitative estimate of drug-likeness (QED) is 0.793. The van der Waals surface area contributed by atoms with Crippen LogP contribution in [0.25, 0.3) is 0 Å². The lowest BCUT2D eigenvalue weighted by Crippen LogP contribution is -2.37. The number of carboxylic acids is 1. The fraction of sp³-hybridized carbons (Fsp3) is 0.250. The van der Waals surface area contributed by atoms with Gasteiger partial charge in [0.1, 0.15) is 11.6 Å². The van der Waals surface area contributed by atoms with Crippen LogP contribution >= 0.6 is 23.2 Å². The maximum atomic E-state index is 12.0. The van der Waals surface area contributed by atoms with Crippen molar-refractivity contribution in [3.05, 3.63) is 27.7 Å². The second-order valence-corrected chi connectivity index (χ2v) is 5.05. The molecule has 0 aromatic heterocycles. The summed E-state index contributed by atoms with van der Waals surface area (Å²) in [7, 11) is 0. The molecule has 1 saturated heterocycles. The molecule has 1 aromatic carbocycles. The largest absolute Gasteiger partial charge is 0.478 e. The maximum absolute atomic E-state index is 12.0. The van der Waals surface area contributed by atoms with Gasteiger partial charge in [0, 0.05) is 6.42 Å². The van der Waals surface area contributed by atoms with Crippen LogP contribution < -0.4 is 10.6 Å². The van der Waals surface area contributed by atoms with Crippen molar-refractivity contribution < 1.29 is 19.5 Å². The number of rotatable bonds is 3. The van der Waals surface area contributed by atoms with Gasteiger partial charge < -0.3 is 15.7 Å². The highest BCUT2D eigenvalue weighted by Gasteiger charge is 2.29. The van der Waals surface area contributed by atoms with Gasteiger partial charge in [-0.3, -0.25) is 9.59 Å². The predicted octanol–water partition coefficient (Wildman–Crippen LogP) is 1.91. The van der Waals surface area contributed by atoms with E-state index in [4.69, 9.17) is 28.3 Å². The van der Waals surface area contributed by atoms with Gasteiger partial charge in [-0.1, -0.05) is 23.2 Å². The number of amides is 2. The average Bonchev–Trinajstić information content (AvgIpc) is 2.80. The monoisotopic (exact) mass is 316 g/mol. The predicted molar refractivity (Wildman–Crippen MR) is 73.2 cm³/mol. The van der Waals surface area contributed by atoms with E-state index in [0.717, 1.165) is 0 Å². The third-order valence-corrected chi connectivity index (χ3v) is 3.51. The molecule has 1 fully saturated rings. The second-order valence-electron chi connectivity index (χ2n) is 4.23. The number of nitrogens with one attached hydrogen (secondary N) is 2. The summed E-state index contributed by atoms with van der Waals surface area (Å²) in [5.74, 6) is -2.05. The number of benzene rings is 1. The Morgan fingerprint density at radius 2 is 1.95 bits per heavy atom. The standard InChI is InChI=1S/C12H10Cl2N2O4/c13-5-1-2-6(14)10(9(5)12(19)20)16-11(18)7-3-4-8(17)15-7/h1-2,7H,3-4H2,(H,15,17)(H,16,18)(H,19,20). The van der Waals surface area contributed by atoms with Crippen molar-refractivity contribution in [3.63, 3.8) is 0 Å². The molecule has 1 unspecified atom stereocenters. The van der Waals surface area contributed by atoms with Gasteiger partial charge in [-0.25, -0.2) is 4.79 Å². The molecular formula is C12H10Cl2N2O4. The molecule has 3 N–H and O–H groups in total. The molecule has 0 saturated carbocycles. The van der Waals surface area contributed by atoms with E-state index in [0.29, 0.717) is 6.42 Å². The Kier molecular flexibility index (Phi) is 4.15. The van der Waals surface area contributed by atoms with E-state index in [1.54, 1.807) is 0 Å². The van der Waals surface area contributed by atoms with Crippen LogP contribution in [0.5, 0.6) is 0 Å². The summed E-state index contributed by atoms with van der Waals surface area (Å²) < 4.78 is 0. The Morgan fingerprint density at radius 3 is 2.50 bits per heavy atom. The van der Waals surface area contributed by atoms with Crippen LogP contribution in [0.2, 0.25) is 10.0 Å². The van der Waals surface area contributed by atoms with Gasteiger partial charge in [0.25, 0.3) is 0 Å². The van der Waals surface area contributed by atoms with E-state index in [2.05, 4.69) is 10.6 Å². The summed E-state index contributed by atoms with van der Waals surface area (Å²) in [6.45, 7) is 0. The molecular weight excluding hydrogens is 307 g/mol. The van der Waals surface area contributed by atoms with E-state index < -0.39 is 17.9 Å². The van der Waals surface area contributed by atoms with Crippen molar-refractivity contribution in [1.29, 1.82) is 0 Å². The van der Waals surface area contributed by atoms with Gasteiger partial charge in [0.15, 0.2) is 0 Å². The van der Waals surface area contributed by atoms with Crippen molar-refractivity contribution in [1.82, 2.24) is 5.32 Å². The van der Waals surface area contributed by atoms with Crippen LogP contribution in [0.3, 0.4) is 0 Å². The molecule has 1 atom stereocenters. The lowest BCUT2D eigenvalue weighted by Gasteiger charge is -2.14. The Hall–Kier alpha value is -1.79. The number of aromatic carboxylic acids is 1.